The Hall–Kier alpha value is -3.94. The number of hydrogen-bond acceptors (Lipinski definition) is 4. The number of para-hydroxylation sites is 1. The first-order chi connectivity index (χ1) is 16.8. The van der Waals surface area contributed by atoms with Gasteiger partial charge in [0.25, 0.3) is 5.91 Å². The molecule has 1 aromatic heterocycles. The highest BCUT2D eigenvalue weighted by atomic mass is 16.2. The predicted octanol–water partition coefficient (Wildman–Crippen LogP) is 4.60. The van der Waals surface area contributed by atoms with Crippen LogP contribution in [0, 0.1) is 13.8 Å². The quantitative estimate of drug-likeness (QED) is 0.529. The molecule has 1 saturated heterocycles. The zero-order chi connectivity index (χ0) is 25.1. The van der Waals surface area contributed by atoms with Crippen molar-refractivity contribution >= 4 is 40.4 Å². The van der Waals surface area contributed by atoms with Crippen molar-refractivity contribution in [3.05, 3.63) is 65.7 Å². The second kappa shape index (κ2) is 10.1. The molecule has 0 bridgehead atoms. The lowest BCUT2D eigenvalue weighted by Crippen LogP contribution is -2.34. The van der Waals surface area contributed by atoms with Gasteiger partial charge in [0.05, 0.1) is 17.1 Å². The number of aryl methyl sites for hydroxylation is 2. The lowest BCUT2D eigenvalue weighted by molar-refractivity contribution is -0.129. The van der Waals surface area contributed by atoms with Gasteiger partial charge in [0.1, 0.15) is 0 Å². The van der Waals surface area contributed by atoms with Crippen molar-refractivity contribution in [2.24, 2.45) is 0 Å². The number of rotatable bonds is 5. The summed E-state index contributed by atoms with van der Waals surface area (Å²) in [6.45, 7) is 10.3. The smallest absolute Gasteiger partial charge is 0.258 e. The Balaban J connectivity index is 1.73. The van der Waals surface area contributed by atoms with Crippen LogP contribution in [0.1, 0.15) is 53.7 Å². The van der Waals surface area contributed by atoms with Crippen molar-refractivity contribution in [2.45, 2.75) is 46.1 Å². The molecule has 0 spiro atoms. The Morgan fingerprint density at radius 2 is 1.91 bits per heavy atom. The van der Waals surface area contributed by atoms with E-state index in [1.165, 1.54) is 6.08 Å². The molecule has 1 fully saturated rings. The minimum Gasteiger partial charge on any atom is -0.341 e. The molecule has 2 aromatic carbocycles. The molecular formula is C27H31N5O3. The maximum absolute atomic E-state index is 13.3. The highest BCUT2D eigenvalue weighted by molar-refractivity contribution is 6.06. The zero-order valence-corrected chi connectivity index (χ0v) is 20.4. The van der Waals surface area contributed by atoms with Crippen molar-refractivity contribution in [1.82, 2.24) is 14.5 Å². The number of nitrogens with zero attached hydrogens (tertiary/aromatic N) is 3. The molecule has 1 aliphatic heterocycles. The van der Waals surface area contributed by atoms with Crippen molar-refractivity contribution in [3.8, 4) is 0 Å². The number of nitrogens with one attached hydrogen (secondary N) is 2. The van der Waals surface area contributed by atoms with Crippen LogP contribution in [0.3, 0.4) is 0 Å². The topological polar surface area (TPSA) is 96.3 Å². The normalized spacial score (nSPS) is 16.0. The van der Waals surface area contributed by atoms with Crippen LogP contribution in [0.2, 0.25) is 0 Å². The summed E-state index contributed by atoms with van der Waals surface area (Å²) in [5.74, 6) is -0.165. The van der Waals surface area contributed by atoms with E-state index in [1.54, 1.807) is 25.1 Å². The Morgan fingerprint density at radius 1 is 1.11 bits per heavy atom. The van der Waals surface area contributed by atoms with Crippen molar-refractivity contribution in [2.75, 3.05) is 23.7 Å². The van der Waals surface area contributed by atoms with Crippen LogP contribution < -0.4 is 10.6 Å². The molecule has 2 heterocycles. The lowest BCUT2D eigenvalue weighted by atomic mass is 10.1. The minimum absolute atomic E-state index is 0.0113. The second-order valence-electron chi connectivity index (χ2n) is 9.10. The van der Waals surface area contributed by atoms with Crippen LogP contribution in [0.25, 0.3) is 11.0 Å². The number of fused-ring (bicyclic) bond motifs is 1. The van der Waals surface area contributed by atoms with Crippen LogP contribution in [0.4, 0.5) is 11.6 Å². The van der Waals surface area contributed by atoms with Gasteiger partial charge in [-0.05, 0) is 74.6 Å². The number of carbonyl (C=O) groups is 3. The first-order valence-corrected chi connectivity index (χ1v) is 11.9. The number of likely N-dealkylation sites (tertiary alicyclic amines) is 1. The van der Waals surface area contributed by atoms with E-state index < -0.39 is 0 Å². The molecule has 0 unspecified atom stereocenters. The standard InChI is InChI=1S/C27H31N5O3/c1-5-24(34)28-21-14-17(2)13-20(15-21)26(35)30-27-29-23-11-8-9-18(3)25(23)32(27)22-10-6-7-12-31(16-22)19(4)33/h5,8-9,11,13-15,22H,1,6-7,10,12,16H2,2-4H3,(H,28,34)(H,29,30,35)/t22-/m1/s1. The summed E-state index contributed by atoms with van der Waals surface area (Å²) in [7, 11) is 0. The predicted molar refractivity (Wildman–Crippen MR) is 138 cm³/mol. The summed E-state index contributed by atoms with van der Waals surface area (Å²) in [6, 6.07) is 11.1. The molecule has 4 rings (SSSR count). The Morgan fingerprint density at radius 3 is 2.66 bits per heavy atom. The minimum atomic E-state index is -0.345. The van der Waals surface area contributed by atoms with Crippen LogP contribution in [-0.4, -0.2) is 45.3 Å². The molecule has 3 aromatic rings. The van der Waals surface area contributed by atoms with Gasteiger partial charge in [-0.1, -0.05) is 18.7 Å². The molecule has 2 N–H and O–H groups in total. The van der Waals surface area contributed by atoms with Crippen molar-refractivity contribution in [1.29, 1.82) is 0 Å². The lowest BCUT2D eigenvalue weighted by Gasteiger charge is -2.26. The van der Waals surface area contributed by atoms with Gasteiger partial charge < -0.3 is 14.8 Å². The number of imidazole rings is 1. The fourth-order valence-corrected chi connectivity index (χ4v) is 4.73. The number of aromatic nitrogens is 2. The van der Waals surface area contributed by atoms with E-state index in [0.717, 1.165) is 48.0 Å². The molecule has 8 heteroatoms. The highest BCUT2D eigenvalue weighted by Crippen LogP contribution is 2.32. The molecule has 182 valence electrons. The number of hydrogen-bond donors (Lipinski definition) is 2. The first kappa shape index (κ1) is 24.2. The summed E-state index contributed by atoms with van der Waals surface area (Å²) in [5, 5.41) is 5.71. The summed E-state index contributed by atoms with van der Waals surface area (Å²) >= 11 is 0. The largest absolute Gasteiger partial charge is 0.341 e. The van der Waals surface area contributed by atoms with E-state index >= 15 is 0 Å². The Bertz CT molecular complexity index is 1310. The van der Waals surface area contributed by atoms with Gasteiger partial charge in [0.15, 0.2) is 0 Å². The van der Waals surface area contributed by atoms with E-state index in [0.29, 0.717) is 23.7 Å². The van der Waals surface area contributed by atoms with Crippen LogP contribution in [-0.2, 0) is 9.59 Å². The maximum atomic E-state index is 13.3. The maximum Gasteiger partial charge on any atom is 0.258 e. The molecule has 0 aliphatic carbocycles. The Labute approximate surface area is 205 Å². The fraction of sp³-hybridized carbons (Fsp3) is 0.333. The third kappa shape index (κ3) is 5.26. The van der Waals surface area contributed by atoms with E-state index in [-0.39, 0.29) is 23.8 Å². The van der Waals surface area contributed by atoms with Gasteiger partial charge >= 0.3 is 0 Å². The summed E-state index contributed by atoms with van der Waals surface area (Å²) < 4.78 is 2.08. The number of anilines is 2. The van der Waals surface area contributed by atoms with E-state index in [1.807, 2.05) is 36.9 Å². The average molecular weight is 474 g/mol. The summed E-state index contributed by atoms with van der Waals surface area (Å²) in [6.07, 6.45) is 4.00. The molecule has 1 atom stereocenters. The molecule has 8 nitrogen and oxygen atoms in total. The van der Waals surface area contributed by atoms with Gasteiger partial charge in [0, 0.05) is 31.3 Å². The van der Waals surface area contributed by atoms with Crippen molar-refractivity contribution < 1.29 is 14.4 Å². The zero-order valence-electron chi connectivity index (χ0n) is 20.4. The molecular weight excluding hydrogens is 442 g/mol. The molecule has 3 amide bonds. The first-order valence-electron chi connectivity index (χ1n) is 11.9. The number of carbonyl (C=O) groups excluding carboxylic acids is 3. The second-order valence-corrected chi connectivity index (χ2v) is 9.10. The monoisotopic (exact) mass is 473 g/mol. The van der Waals surface area contributed by atoms with Gasteiger partial charge in [-0.3, -0.25) is 19.7 Å². The third-order valence-corrected chi connectivity index (χ3v) is 6.39. The van der Waals surface area contributed by atoms with Gasteiger partial charge in [-0.2, -0.15) is 0 Å². The van der Waals surface area contributed by atoms with Gasteiger partial charge in [0.2, 0.25) is 17.8 Å². The van der Waals surface area contributed by atoms with Crippen molar-refractivity contribution in [3.63, 3.8) is 0 Å². The summed E-state index contributed by atoms with van der Waals surface area (Å²) in [4.78, 5) is 43.9. The van der Waals surface area contributed by atoms with Gasteiger partial charge in [-0.15, -0.1) is 0 Å². The third-order valence-electron chi connectivity index (χ3n) is 6.39. The Kier molecular flexibility index (Phi) is 7.00. The molecule has 0 radical (unpaired) electrons. The average Bonchev–Trinajstić information content (AvgIpc) is 3.00. The highest BCUT2D eigenvalue weighted by Gasteiger charge is 2.26. The van der Waals surface area contributed by atoms with Crippen LogP contribution >= 0.6 is 0 Å². The summed E-state index contributed by atoms with van der Waals surface area (Å²) in [5.41, 5.74) is 4.57. The fourth-order valence-electron chi connectivity index (χ4n) is 4.73. The van der Waals surface area contributed by atoms with E-state index in [4.69, 9.17) is 4.98 Å². The number of benzene rings is 2. The van der Waals surface area contributed by atoms with Gasteiger partial charge in [-0.25, -0.2) is 4.98 Å². The number of amides is 3. The van der Waals surface area contributed by atoms with E-state index in [2.05, 4.69) is 21.8 Å². The molecule has 0 saturated carbocycles. The van der Waals surface area contributed by atoms with E-state index in [9.17, 15) is 14.4 Å². The van der Waals surface area contributed by atoms with Crippen LogP contribution in [0.5, 0.6) is 0 Å². The molecule has 35 heavy (non-hydrogen) atoms. The molecule has 1 aliphatic rings. The SMILES string of the molecule is C=CC(=O)Nc1cc(C)cc(C(=O)Nc2nc3cccc(C)c3n2[C@@H]2CCCCN(C(C)=O)C2)c1. The van der Waals surface area contributed by atoms with Crippen LogP contribution in [0.15, 0.2) is 49.1 Å².